The number of nitro benzene ring substituents is 1. The molecule has 1 amide bonds. The van der Waals surface area contributed by atoms with E-state index in [0.29, 0.717) is 0 Å². The molecule has 0 atom stereocenters. The van der Waals surface area contributed by atoms with Crippen LogP contribution < -0.4 is 31.5 Å². The van der Waals surface area contributed by atoms with Crippen molar-refractivity contribution in [3.05, 3.63) is 48.6 Å². The summed E-state index contributed by atoms with van der Waals surface area (Å²) in [5.41, 5.74) is 0.733. The first-order valence-corrected chi connectivity index (χ1v) is 8.01. The number of nitro groups is 1. The average molecular weight is 407 g/mol. The monoisotopic (exact) mass is 407 g/mol. The molecule has 0 radical (unpaired) electrons. The molecule has 0 aliphatic rings. The number of aromatic nitrogens is 3. The third-order valence-electron chi connectivity index (χ3n) is 3.48. The number of nitrogens with one attached hydrogen (secondary N) is 4. The molecule has 1 aromatic carbocycles. The summed E-state index contributed by atoms with van der Waals surface area (Å²) in [6, 6.07) is 2.53. The number of hydrogen-bond acceptors (Lipinski definition) is 10. The van der Waals surface area contributed by atoms with Gasteiger partial charge in [0.25, 0.3) is 5.56 Å². The molecule has 2 aromatic rings. The van der Waals surface area contributed by atoms with Gasteiger partial charge in [0.2, 0.25) is 17.5 Å². The second-order valence-corrected chi connectivity index (χ2v) is 5.35. The molecule has 2 rings (SSSR count). The van der Waals surface area contributed by atoms with Crippen LogP contribution in [0.5, 0.6) is 11.5 Å². The minimum atomic E-state index is -0.748. The van der Waals surface area contributed by atoms with Crippen LogP contribution in [-0.4, -0.2) is 53.0 Å². The van der Waals surface area contributed by atoms with Gasteiger partial charge in [-0.05, 0) is 0 Å². The van der Waals surface area contributed by atoms with Gasteiger partial charge in [-0.25, -0.2) is 15.3 Å². The van der Waals surface area contributed by atoms with Crippen molar-refractivity contribution >= 4 is 23.6 Å². The first-order chi connectivity index (χ1) is 13.8. The van der Waals surface area contributed by atoms with Crippen LogP contribution in [0, 0.1) is 10.1 Å². The number of nitrogens with zero attached hydrogens (tertiary/aromatic N) is 3. The molecule has 14 nitrogen and oxygen atoms in total. The fraction of sp³-hybridized carbons (Fsp3) is 0.267. The predicted octanol–water partition coefficient (Wildman–Crippen LogP) is -0.664. The predicted molar refractivity (Wildman–Crippen MR) is 101 cm³/mol. The number of hydrogen-bond donors (Lipinski definition) is 4. The fourth-order valence-corrected chi connectivity index (χ4v) is 2.14. The molecule has 0 saturated carbocycles. The van der Waals surface area contributed by atoms with E-state index in [1.54, 1.807) is 0 Å². The Labute approximate surface area is 162 Å². The maximum Gasteiger partial charge on any atom is 0.342 e. The zero-order chi connectivity index (χ0) is 21.4. The lowest BCUT2D eigenvalue weighted by atomic mass is 10.1. The Bertz CT molecular complexity index is 1040. The lowest BCUT2D eigenvalue weighted by Gasteiger charge is -2.08. The molecule has 0 aliphatic carbocycles. The number of amides is 1. The minimum absolute atomic E-state index is 0.0185. The fourth-order valence-electron chi connectivity index (χ4n) is 2.14. The van der Waals surface area contributed by atoms with Crippen LogP contribution in [0.3, 0.4) is 0 Å². The third-order valence-corrected chi connectivity index (χ3v) is 3.48. The van der Waals surface area contributed by atoms with Crippen LogP contribution >= 0.6 is 0 Å². The highest BCUT2D eigenvalue weighted by Crippen LogP contribution is 2.33. The smallest absolute Gasteiger partial charge is 0.342 e. The van der Waals surface area contributed by atoms with Crippen molar-refractivity contribution in [1.82, 2.24) is 20.6 Å². The van der Waals surface area contributed by atoms with E-state index in [-0.39, 0.29) is 41.5 Å². The molecule has 1 heterocycles. The number of hydrazone groups is 1. The van der Waals surface area contributed by atoms with E-state index < -0.39 is 22.1 Å². The standard InChI is InChI=1S/C15H17N7O7/c1-28-10-6-11(29-2)9(22(26)27)5-8(10)7-17-19-12(23)3-4-16-13-14(24)18-15(25)21-20-13/h5-7H,3-4H2,1-2H3,(H,16,20)(H,19,23)(H2,18,21,24,25)/b17-7+. The number of carbonyl (C=O) groups is 1. The van der Waals surface area contributed by atoms with Crippen molar-refractivity contribution in [2.45, 2.75) is 6.42 Å². The average Bonchev–Trinajstić information content (AvgIpc) is 2.69. The molecule has 0 unspecified atom stereocenters. The molecule has 0 fully saturated rings. The maximum atomic E-state index is 11.8. The van der Waals surface area contributed by atoms with Crippen molar-refractivity contribution < 1.29 is 19.2 Å². The van der Waals surface area contributed by atoms with Gasteiger partial charge < -0.3 is 14.8 Å². The molecule has 154 valence electrons. The maximum absolute atomic E-state index is 11.8. The van der Waals surface area contributed by atoms with Crippen LogP contribution in [0.2, 0.25) is 0 Å². The summed E-state index contributed by atoms with van der Waals surface area (Å²) < 4.78 is 10.1. The molecule has 0 saturated heterocycles. The first kappa shape index (κ1) is 21.1. The van der Waals surface area contributed by atoms with E-state index in [4.69, 9.17) is 9.47 Å². The summed E-state index contributed by atoms with van der Waals surface area (Å²) >= 11 is 0. The second-order valence-electron chi connectivity index (χ2n) is 5.35. The molecular weight excluding hydrogens is 390 g/mol. The van der Waals surface area contributed by atoms with E-state index in [9.17, 15) is 24.5 Å². The van der Waals surface area contributed by atoms with Gasteiger partial charge in [0.1, 0.15) is 5.75 Å². The number of rotatable bonds is 9. The quantitative estimate of drug-likeness (QED) is 0.237. The molecule has 29 heavy (non-hydrogen) atoms. The Kier molecular flexibility index (Phi) is 7.00. The second kappa shape index (κ2) is 9.63. The van der Waals surface area contributed by atoms with Crippen LogP contribution in [0.15, 0.2) is 26.8 Å². The van der Waals surface area contributed by atoms with Gasteiger partial charge in [0.05, 0.1) is 25.4 Å². The summed E-state index contributed by atoms with van der Waals surface area (Å²) in [6.07, 6.45) is 1.11. The number of H-pyrrole nitrogens is 2. The number of benzene rings is 1. The summed E-state index contributed by atoms with van der Waals surface area (Å²) in [4.78, 5) is 46.6. The lowest BCUT2D eigenvalue weighted by Crippen LogP contribution is -2.28. The van der Waals surface area contributed by atoms with Crippen molar-refractivity contribution in [3.8, 4) is 11.5 Å². The van der Waals surface area contributed by atoms with E-state index >= 15 is 0 Å². The Morgan fingerprint density at radius 2 is 2.03 bits per heavy atom. The Morgan fingerprint density at radius 3 is 2.66 bits per heavy atom. The highest BCUT2D eigenvalue weighted by molar-refractivity contribution is 5.87. The van der Waals surface area contributed by atoms with Crippen LogP contribution in [0.1, 0.15) is 12.0 Å². The van der Waals surface area contributed by atoms with E-state index in [0.717, 1.165) is 0 Å². The van der Waals surface area contributed by atoms with Gasteiger partial charge in [-0.2, -0.15) is 5.10 Å². The number of aromatic amines is 2. The molecule has 0 spiro atoms. The number of methoxy groups -OCH3 is 2. The molecule has 0 aliphatic heterocycles. The normalized spacial score (nSPS) is 10.6. The topological polar surface area (TPSA) is 194 Å². The zero-order valence-corrected chi connectivity index (χ0v) is 15.3. The molecule has 4 N–H and O–H groups in total. The number of carbonyl (C=O) groups excluding carboxylic acids is 1. The third kappa shape index (κ3) is 5.62. The van der Waals surface area contributed by atoms with Crippen molar-refractivity contribution in [2.75, 3.05) is 26.1 Å². The highest BCUT2D eigenvalue weighted by Gasteiger charge is 2.18. The van der Waals surface area contributed by atoms with E-state index in [1.165, 1.54) is 32.6 Å². The largest absolute Gasteiger partial charge is 0.496 e. The Hall–Kier alpha value is -4.23. The number of ether oxygens (including phenoxy) is 2. The van der Waals surface area contributed by atoms with E-state index in [2.05, 4.69) is 20.9 Å². The lowest BCUT2D eigenvalue weighted by molar-refractivity contribution is -0.385. The summed E-state index contributed by atoms with van der Waals surface area (Å²) in [5, 5.41) is 23.0. The molecule has 14 heteroatoms. The number of anilines is 1. The Balaban J connectivity index is 1.97. The first-order valence-electron chi connectivity index (χ1n) is 8.01. The zero-order valence-electron chi connectivity index (χ0n) is 15.3. The molecular formula is C15H17N7O7. The summed E-state index contributed by atoms with van der Waals surface area (Å²) in [6.45, 7) is 0.0425. The van der Waals surface area contributed by atoms with Crippen molar-refractivity contribution in [1.29, 1.82) is 0 Å². The van der Waals surface area contributed by atoms with Crippen LogP contribution in [0.25, 0.3) is 0 Å². The molecule has 0 bridgehead atoms. The van der Waals surface area contributed by atoms with Crippen LogP contribution in [0.4, 0.5) is 11.5 Å². The minimum Gasteiger partial charge on any atom is -0.496 e. The highest BCUT2D eigenvalue weighted by atomic mass is 16.6. The van der Waals surface area contributed by atoms with Crippen molar-refractivity contribution in [2.24, 2.45) is 5.10 Å². The van der Waals surface area contributed by atoms with Gasteiger partial charge >= 0.3 is 11.4 Å². The van der Waals surface area contributed by atoms with E-state index in [1.807, 2.05) is 10.1 Å². The molecule has 1 aromatic heterocycles. The van der Waals surface area contributed by atoms with Gasteiger partial charge in [-0.15, -0.1) is 5.10 Å². The summed E-state index contributed by atoms with van der Waals surface area (Å²) in [7, 11) is 2.66. The van der Waals surface area contributed by atoms with Crippen molar-refractivity contribution in [3.63, 3.8) is 0 Å². The van der Waals surface area contributed by atoms with Gasteiger partial charge in [0, 0.05) is 30.7 Å². The SMILES string of the molecule is COc1cc(OC)c([N+](=O)[O-])cc1/C=N/NC(=O)CCNc1n[nH]c(=O)[nH]c1=O. The van der Waals surface area contributed by atoms with Gasteiger partial charge in [-0.3, -0.25) is 24.7 Å². The summed E-state index contributed by atoms with van der Waals surface area (Å²) in [5.74, 6) is -0.367. The van der Waals surface area contributed by atoms with Gasteiger partial charge in [-0.1, -0.05) is 0 Å². The van der Waals surface area contributed by atoms with Crippen LogP contribution in [-0.2, 0) is 4.79 Å². The Morgan fingerprint density at radius 1 is 1.31 bits per heavy atom. The van der Waals surface area contributed by atoms with Gasteiger partial charge in [0.15, 0.2) is 0 Å².